The van der Waals surface area contributed by atoms with Gasteiger partial charge in [0, 0.05) is 11.9 Å². The highest BCUT2D eigenvalue weighted by molar-refractivity contribution is 6.68. The van der Waals surface area contributed by atoms with Gasteiger partial charge in [0.15, 0.2) is 0 Å². The number of carbonyl (C=O) groups excluding carboxylic acids is 1. The smallest absolute Gasteiger partial charge is 0.266 e. The van der Waals surface area contributed by atoms with Crippen molar-refractivity contribution in [3.05, 3.63) is 28.0 Å². The number of aryl methyl sites for hydroxylation is 1. The van der Waals surface area contributed by atoms with Crippen molar-refractivity contribution in [3.8, 4) is 0 Å². The summed E-state index contributed by atoms with van der Waals surface area (Å²) in [5, 5.41) is -1.23. The number of hydrogen-bond donors (Lipinski definition) is 0. The van der Waals surface area contributed by atoms with E-state index in [0.717, 1.165) is 6.20 Å². The largest absolute Gasteiger partial charge is 0.276 e. The molecule has 0 amide bonds. The van der Waals surface area contributed by atoms with Gasteiger partial charge in [-0.3, -0.25) is 9.78 Å². The number of halogens is 4. The van der Waals surface area contributed by atoms with Crippen LogP contribution in [0.25, 0.3) is 0 Å². The highest BCUT2D eigenvalue weighted by atomic mass is 35.5. The number of pyridine rings is 1. The third-order valence-corrected chi connectivity index (χ3v) is 2.16. The number of alkyl halides is 2. The lowest BCUT2D eigenvalue weighted by Crippen LogP contribution is -2.04. The maximum absolute atomic E-state index is 12.5. The number of aromatic nitrogens is 1. The zero-order chi connectivity index (χ0) is 10.9. The predicted molar refractivity (Wildman–Crippen MR) is 49.1 cm³/mol. The van der Waals surface area contributed by atoms with Crippen LogP contribution in [0.1, 0.15) is 28.0 Å². The van der Waals surface area contributed by atoms with Gasteiger partial charge in [-0.25, -0.2) is 8.78 Å². The van der Waals surface area contributed by atoms with E-state index in [-0.39, 0.29) is 16.3 Å². The molecule has 0 radical (unpaired) electrons. The normalized spacial score (nSPS) is 10.7. The summed E-state index contributed by atoms with van der Waals surface area (Å²) in [5.74, 6) is 0. The average Bonchev–Trinajstić information content (AvgIpc) is 2.07. The van der Waals surface area contributed by atoms with Crippen LogP contribution in [0.15, 0.2) is 6.20 Å². The molecule has 0 saturated heterocycles. The molecule has 0 bridgehead atoms. The van der Waals surface area contributed by atoms with E-state index in [9.17, 15) is 13.6 Å². The first kappa shape index (κ1) is 11.3. The van der Waals surface area contributed by atoms with Crippen molar-refractivity contribution >= 4 is 28.4 Å². The van der Waals surface area contributed by atoms with Gasteiger partial charge in [0.25, 0.3) is 11.7 Å². The summed E-state index contributed by atoms with van der Waals surface area (Å²) in [6, 6.07) is 0. The van der Waals surface area contributed by atoms with Crippen LogP contribution in [0, 0.1) is 6.92 Å². The summed E-state index contributed by atoms with van der Waals surface area (Å²) in [6.45, 7) is 1.41. The van der Waals surface area contributed by atoms with E-state index >= 15 is 0 Å². The Morgan fingerprint density at radius 2 is 2.14 bits per heavy atom. The monoisotopic (exact) mass is 239 g/mol. The molecule has 0 spiro atoms. The van der Waals surface area contributed by atoms with E-state index in [1.54, 1.807) is 0 Å². The molecule has 76 valence electrons. The lowest BCUT2D eigenvalue weighted by molar-refractivity contribution is 0.106. The van der Waals surface area contributed by atoms with E-state index in [2.05, 4.69) is 4.98 Å². The molecule has 0 aromatic carbocycles. The van der Waals surface area contributed by atoms with E-state index < -0.39 is 17.2 Å². The molecule has 2 nitrogen and oxygen atoms in total. The van der Waals surface area contributed by atoms with Gasteiger partial charge in [-0.2, -0.15) is 0 Å². The van der Waals surface area contributed by atoms with Gasteiger partial charge in [0.2, 0.25) is 0 Å². The van der Waals surface area contributed by atoms with Crippen molar-refractivity contribution in [1.82, 2.24) is 4.98 Å². The van der Waals surface area contributed by atoms with Gasteiger partial charge in [-0.15, -0.1) is 0 Å². The molecule has 1 rings (SSSR count). The summed E-state index contributed by atoms with van der Waals surface area (Å²) < 4.78 is 25.0. The van der Waals surface area contributed by atoms with Crippen molar-refractivity contribution < 1.29 is 13.6 Å². The molecular formula is C8H5Cl2F2NO. The first-order valence-electron chi connectivity index (χ1n) is 3.58. The Labute approximate surface area is 88.8 Å². The Kier molecular flexibility index (Phi) is 3.39. The van der Waals surface area contributed by atoms with Crippen LogP contribution >= 0.6 is 23.2 Å². The number of carbonyl (C=O) groups is 1. The fourth-order valence-electron chi connectivity index (χ4n) is 1.06. The molecule has 0 saturated carbocycles. The Balaban J connectivity index is 3.50. The van der Waals surface area contributed by atoms with Gasteiger partial charge in [-0.1, -0.05) is 11.6 Å². The second-order valence-electron chi connectivity index (χ2n) is 2.55. The minimum atomic E-state index is -2.85. The molecule has 1 aromatic heterocycles. The first-order valence-corrected chi connectivity index (χ1v) is 4.33. The van der Waals surface area contributed by atoms with Gasteiger partial charge in [-0.05, 0) is 18.5 Å². The molecule has 14 heavy (non-hydrogen) atoms. The highest BCUT2D eigenvalue weighted by Crippen LogP contribution is 2.31. The topological polar surface area (TPSA) is 30.0 Å². The summed E-state index contributed by atoms with van der Waals surface area (Å²) in [4.78, 5) is 14.5. The second-order valence-corrected chi connectivity index (χ2v) is 3.31. The predicted octanol–water partition coefficient (Wildman–Crippen LogP) is 3.36. The molecule has 1 aromatic rings. The van der Waals surface area contributed by atoms with Crippen LogP contribution in [0.2, 0.25) is 5.02 Å². The third-order valence-electron chi connectivity index (χ3n) is 1.67. The summed E-state index contributed by atoms with van der Waals surface area (Å²) >= 11 is 10.6. The molecule has 0 aliphatic heterocycles. The standard InChI is InChI=1S/C8H5Cl2F2NO/c1-3-5(7(10)14)6(8(11)12)4(9)2-13-3/h2,8H,1H3. The fourth-order valence-corrected chi connectivity index (χ4v) is 1.53. The number of rotatable bonds is 2. The average molecular weight is 240 g/mol. The molecule has 0 unspecified atom stereocenters. The van der Waals surface area contributed by atoms with Crippen LogP contribution in [-0.2, 0) is 0 Å². The van der Waals surface area contributed by atoms with E-state index in [0.29, 0.717) is 0 Å². The van der Waals surface area contributed by atoms with Crippen LogP contribution in [0.5, 0.6) is 0 Å². The second kappa shape index (κ2) is 4.19. The van der Waals surface area contributed by atoms with Crippen molar-refractivity contribution in [2.45, 2.75) is 13.3 Å². The summed E-state index contributed by atoms with van der Waals surface area (Å²) in [7, 11) is 0. The molecule has 0 aliphatic rings. The summed E-state index contributed by atoms with van der Waals surface area (Å²) in [5.41, 5.74) is -0.724. The van der Waals surface area contributed by atoms with E-state index in [1.807, 2.05) is 0 Å². The van der Waals surface area contributed by atoms with Crippen LogP contribution in [0.3, 0.4) is 0 Å². The van der Waals surface area contributed by atoms with Gasteiger partial charge in [0.1, 0.15) is 0 Å². The van der Waals surface area contributed by atoms with Crippen molar-refractivity contribution in [2.75, 3.05) is 0 Å². The highest BCUT2D eigenvalue weighted by Gasteiger charge is 2.23. The zero-order valence-corrected chi connectivity index (χ0v) is 8.53. The fraction of sp³-hybridized carbons (Fsp3) is 0.250. The van der Waals surface area contributed by atoms with Crippen molar-refractivity contribution in [1.29, 1.82) is 0 Å². The maximum atomic E-state index is 12.5. The van der Waals surface area contributed by atoms with Gasteiger partial charge >= 0.3 is 0 Å². The molecule has 0 N–H and O–H groups in total. The Bertz CT molecular complexity index is 382. The van der Waals surface area contributed by atoms with Crippen molar-refractivity contribution in [2.24, 2.45) is 0 Å². The van der Waals surface area contributed by atoms with Crippen LogP contribution < -0.4 is 0 Å². The molecule has 0 aliphatic carbocycles. The third kappa shape index (κ3) is 2.01. The molecule has 0 fully saturated rings. The lowest BCUT2D eigenvalue weighted by atomic mass is 10.1. The number of hydrogen-bond acceptors (Lipinski definition) is 2. The van der Waals surface area contributed by atoms with Crippen LogP contribution in [-0.4, -0.2) is 10.2 Å². The van der Waals surface area contributed by atoms with E-state index in [4.69, 9.17) is 23.2 Å². The Hall–Kier alpha value is -0.740. The first-order chi connectivity index (χ1) is 6.45. The molecule has 0 atom stereocenters. The quantitative estimate of drug-likeness (QED) is 0.742. The molecule has 1 heterocycles. The Morgan fingerprint density at radius 1 is 1.57 bits per heavy atom. The Morgan fingerprint density at radius 3 is 2.50 bits per heavy atom. The number of nitrogens with zero attached hydrogens (tertiary/aromatic N) is 1. The lowest BCUT2D eigenvalue weighted by Gasteiger charge is -2.08. The molecule has 6 heteroatoms. The SMILES string of the molecule is Cc1ncc(Cl)c(C(F)F)c1C(=O)Cl. The van der Waals surface area contributed by atoms with Crippen molar-refractivity contribution in [3.63, 3.8) is 0 Å². The minimum absolute atomic E-state index is 0.143. The van der Waals surface area contributed by atoms with Gasteiger partial charge < -0.3 is 0 Å². The van der Waals surface area contributed by atoms with E-state index in [1.165, 1.54) is 6.92 Å². The molecular weight excluding hydrogens is 235 g/mol. The maximum Gasteiger partial charge on any atom is 0.266 e. The van der Waals surface area contributed by atoms with Gasteiger partial charge in [0.05, 0.1) is 16.1 Å². The summed E-state index contributed by atoms with van der Waals surface area (Å²) in [6.07, 6.45) is -1.77. The zero-order valence-electron chi connectivity index (χ0n) is 7.02. The minimum Gasteiger partial charge on any atom is -0.276 e. The van der Waals surface area contributed by atoms with Crippen LogP contribution in [0.4, 0.5) is 8.78 Å².